The molecule has 2 aromatic rings. The van der Waals surface area contributed by atoms with Gasteiger partial charge in [-0.05, 0) is 42.1 Å². The maximum Gasteiger partial charge on any atom is 0.119 e. The molecule has 2 rings (SSSR count). The van der Waals surface area contributed by atoms with Crippen LogP contribution in [-0.4, -0.2) is 19.7 Å². The van der Waals surface area contributed by atoms with Crippen LogP contribution in [0.25, 0.3) is 0 Å². The van der Waals surface area contributed by atoms with E-state index in [2.05, 4.69) is 47.2 Å². The van der Waals surface area contributed by atoms with Crippen molar-refractivity contribution in [1.82, 2.24) is 5.32 Å². The molecule has 0 unspecified atom stereocenters. The Morgan fingerprint density at radius 1 is 0.958 bits per heavy atom. The van der Waals surface area contributed by atoms with Gasteiger partial charge in [-0.3, -0.25) is 0 Å². The van der Waals surface area contributed by atoms with Crippen molar-refractivity contribution in [3.8, 4) is 5.75 Å². The fourth-order valence-corrected chi connectivity index (χ4v) is 3.16. The Bertz CT molecular complexity index is 525. The SMILES string of the molecule is CCCCCCCOc1ccc(NCCNCc2cccs2)cc1. The predicted molar refractivity (Wildman–Crippen MR) is 105 cm³/mol. The van der Waals surface area contributed by atoms with E-state index in [0.29, 0.717) is 0 Å². The Balaban J connectivity index is 1.53. The van der Waals surface area contributed by atoms with Gasteiger partial charge < -0.3 is 15.4 Å². The van der Waals surface area contributed by atoms with E-state index < -0.39 is 0 Å². The Hall–Kier alpha value is -1.52. The summed E-state index contributed by atoms with van der Waals surface area (Å²) in [6, 6.07) is 12.5. The van der Waals surface area contributed by atoms with Gasteiger partial charge in [0.2, 0.25) is 0 Å². The lowest BCUT2D eigenvalue weighted by Gasteiger charge is -2.09. The van der Waals surface area contributed by atoms with Gasteiger partial charge in [-0.1, -0.05) is 38.7 Å². The van der Waals surface area contributed by atoms with Crippen molar-refractivity contribution in [2.45, 2.75) is 45.6 Å². The lowest BCUT2D eigenvalue weighted by Crippen LogP contribution is -2.21. The highest BCUT2D eigenvalue weighted by Crippen LogP contribution is 2.16. The lowest BCUT2D eigenvalue weighted by atomic mass is 10.2. The van der Waals surface area contributed by atoms with Crippen LogP contribution in [-0.2, 0) is 6.54 Å². The minimum atomic E-state index is 0.823. The second-order valence-electron chi connectivity index (χ2n) is 5.97. The van der Waals surface area contributed by atoms with Crippen molar-refractivity contribution >= 4 is 17.0 Å². The van der Waals surface area contributed by atoms with Gasteiger partial charge >= 0.3 is 0 Å². The Morgan fingerprint density at radius 2 is 1.79 bits per heavy atom. The average Bonchev–Trinajstić information content (AvgIpc) is 3.12. The van der Waals surface area contributed by atoms with Crippen molar-refractivity contribution in [1.29, 1.82) is 0 Å². The number of unbranched alkanes of at least 4 members (excludes halogenated alkanes) is 4. The van der Waals surface area contributed by atoms with Gasteiger partial charge in [-0.2, -0.15) is 0 Å². The van der Waals surface area contributed by atoms with Crippen LogP contribution in [0.5, 0.6) is 5.75 Å². The molecule has 0 saturated heterocycles. The molecule has 0 saturated carbocycles. The van der Waals surface area contributed by atoms with Gasteiger partial charge in [-0.15, -0.1) is 11.3 Å². The van der Waals surface area contributed by atoms with E-state index in [1.165, 1.54) is 30.6 Å². The molecular weight excluding hydrogens is 316 g/mol. The molecule has 4 heteroatoms. The minimum Gasteiger partial charge on any atom is -0.494 e. The smallest absolute Gasteiger partial charge is 0.119 e. The summed E-state index contributed by atoms with van der Waals surface area (Å²) in [6.07, 6.45) is 6.37. The van der Waals surface area contributed by atoms with Gasteiger partial charge in [0.05, 0.1) is 6.61 Å². The van der Waals surface area contributed by atoms with Gasteiger partial charge in [-0.25, -0.2) is 0 Å². The van der Waals surface area contributed by atoms with Crippen LogP contribution in [0.15, 0.2) is 41.8 Å². The van der Waals surface area contributed by atoms with Crippen LogP contribution in [0.1, 0.15) is 43.9 Å². The Morgan fingerprint density at radius 3 is 2.54 bits per heavy atom. The first-order chi connectivity index (χ1) is 11.9. The zero-order valence-corrected chi connectivity index (χ0v) is 15.5. The highest BCUT2D eigenvalue weighted by Gasteiger charge is 1.97. The highest BCUT2D eigenvalue weighted by atomic mass is 32.1. The van der Waals surface area contributed by atoms with Crippen LogP contribution in [0.4, 0.5) is 5.69 Å². The van der Waals surface area contributed by atoms with Crippen molar-refractivity contribution in [2.75, 3.05) is 25.0 Å². The number of rotatable bonds is 13. The summed E-state index contributed by atoms with van der Waals surface area (Å²) in [4.78, 5) is 1.38. The standard InChI is InChI=1S/C20H30N2OS/c1-2-3-4-5-6-15-23-19-11-9-18(10-12-19)22-14-13-21-17-20-8-7-16-24-20/h7-12,16,21-22H,2-6,13-15,17H2,1H3. The molecule has 0 amide bonds. The highest BCUT2D eigenvalue weighted by molar-refractivity contribution is 7.09. The third kappa shape index (κ3) is 7.84. The Labute approximate surface area is 150 Å². The van der Waals surface area contributed by atoms with Gasteiger partial charge in [0, 0.05) is 30.2 Å². The first-order valence-electron chi connectivity index (χ1n) is 9.08. The van der Waals surface area contributed by atoms with Crippen LogP contribution in [0, 0.1) is 0 Å². The van der Waals surface area contributed by atoms with Crippen molar-refractivity contribution in [2.24, 2.45) is 0 Å². The zero-order chi connectivity index (χ0) is 16.9. The van der Waals surface area contributed by atoms with Crippen molar-refractivity contribution in [3.63, 3.8) is 0 Å². The van der Waals surface area contributed by atoms with Crippen LogP contribution < -0.4 is 15.4 Å². The maximum absolute atomic E-state index is 5.79. The third-order valence-corrected chi connectivity index (χ3v) is 4.76. The molecule has 1 heterocycles. The van der Waals surface area contributed by atoms with Crippen LogP contribution in [0.2, 0.25) is 0 Å². The summed E-state index contributed by atoms with van der Waals surface area (Å²) in [5.74, 6) is 0.965. The quantitative estimate of drug-likeness (QED) is 0.483. The monoisotopic (exact) mass is 346 g/mol. The van der Waals surface area contributed by atoms with Gasteiger partial charge in [0.1, 0.15) is 5.75 Å². The van der Waals surface area contributed by atoms with E-state index in [1.807, 2.05) is 12.1 Å². The van der Waals surface area contributed by atoms with Gasteiger partial charge in [0.15, 0.2) is 0 Å². The maximum atomic E-state index is 5.79. The number of hydrogen-bond acceptors (Lipinski definition) is 4. The number of thiophene rings is 1. The number of hydrogen-bond donors (Lipinski definition) is 2. The van der Waals surface area contributed by atoms with E-state index in [0.717, 1.165) is 44.1 Å². The molecule has 0 spiro atoms. The lowest BCUT2D eigenvalue weighted by molar-refractivity contribution is 0.304. The number of anilines is 1. The zero-order valence-electron chi connectivity index (χ0n) is 14.7. The van der Waals surface area contributed by atoms with E-state index in [-0.39, 0.29) is 0 Å². The van der Waals surface area contributed by atoms with Gasteiger partial charge in [0.25, 0.3) is 0 Å². The topological polar surface area (TPSA) is 33.3 Å². The second-order valence-corrected chi connectivity index (χ2v) is 7.00. The summed E-state index contributed by atoms with van der Waals surface area (Å²) in [7, 11) is 0. The predicted octanol–water partition coefficient (Wildman–Crippen LogP) is 5.30. The average molecular weight is 347 g/mol. The summed E-state index contributed by atoms with van der Waals surface area (Å²) in [6.45, 7) is 5.89. The Kier molecular flexibility index (Phi) is 9.35. The first-order valence-corrected chi connectivity index (χ1v) is 9.96. The summed E-state index contributed by atoms with van der Waals surface area (Å²) in [5.41, 5.74) is 1.14. The van der Waals surface area contributed by atoms with Crippen LogP contribution in [0.3, 0.4) is 0 Å². The fraction of sp³-hybridized carbons (Fsp3) is 0.500. The first kappa shape index (κ1) is 18.8. The number of benzene rings is 1. The van der Waals surface area contributed by atoms with Crippen LogP contribution >= 0.6 is 11.3 Å². The molecule has 132 valence electrons. The molecule has 1 aromatic carbocycles. The van der Waals surface area contributed by atoms with E-state index in [4.69, 9.17) is 4.74 Å². The minimum absolute atomic E-state index is 0.823. The fourth-order valence-electron chi connectivity index (χ4n) is 2.48. The summed E-state index contributed by atoms with van der Waals surface area (Å²) < 4.78 is 5.79. The van der Waals surface area contributed by atoms with E-state index in [9.17, 15) is 0 Å². The number of ether oxygens (including phenoxy) is 1. The molecule has 24 heavy (non-hydrogen) atoms. The molecule has 0 radical (unpaired) electrons. The molecule has 0 fully saturated rings. The van der Waals surface area contributed by atoms with Crippen molar-refractivity contribution in [3.05, 3.63) is 46.7 Å². The molecule has 0 atom stereocenters. The molecule has 2 N–H and O–H groups in total. The molecule has 0 bridgehead atoms. The molecule has 1 aromatic heterocycles. The summed E-state index contributed by atoms with van der Waals surface area (Å²) in [5, 5.41) is 8.98. The molecule has 0 aliphatic heterocycles. The molecular formula is C20H30N2OS. The van der Waals surface area contributed by atoms with E-state index >= 15 is 0 Å². The summed E-state index contributed by atoms with van der Waals surface area (Å²) >= 11 is 1.79. The van der Waals surface area contributed by atoms with Crippen molar-refractivity contribution < 1.29 is 4.74 Å². The molecule has 0 aliphatic rings. The largest absolute Gasteiger partial charge is 0.494 e. The second kappa shape index (κ2) is 11.9. The third-order valence-electron chi connectivity index (χ3n) is 3.88. The number of nitrogens with one attached hydrogen (secondary N) is 2. The normalized spacial score (nSPS) is 10.7. The molecule has 3 nitrogen and oxygen atoms in total. The van der Waals surface area contributed by atoms with E-state index in [1.54, 1.807) is 11.3 Å². The molecule has 0 aliphatic carbocycles.